The molecular formula is C18H24N4O2. The van der Waals surface area contributed by atoms with Gasteiger partial charge in [0.15, 0.2) is 0 Å². The first-order chi connectivity index (χ1) is 11.3. The number of benzene rings is 1. The van der Waals surface area contributed by atoms with Crippen molar-refractivity contribution in [3.05, 3.63) is 29.8 Å². The minimum atomic E-state index is -0.569. The minimum Gasteiger partial charge on any atom is -0.347 e. The van der Waals surface area contributed by atoms with Gasteiger partial charge in [0.05, 0.1) is 11.5 Å². The van der Waals surface area contributed by atoms with Crippen LogP contribution in [0.2, 0.25) is 0 Å². The number of likely N-dealkylation sites (N-methyl/N-ethyl adjacent to an activating group) is 1. The fraction of sp³-hybridized carbons (Fsp3) is 0.500. The summed E-state index contributed by atoms with van der Waals surface area (Å²) in [6.45, 7) is 4.28. The van der Waals surface area contributed by atoms with Gasteiger partial charge >= 0.3 is 6.03 Å². The average molecular weight is 328 g/mol. The number of hydrogen-bond acceptors (Lipinski definition) is 3. The summed E-state index contributed by atoms with van der Waals surface area (Å²) in [5.41, 5.74) is 0.978. The summed E-state index contributed by atoms with van der Waals surface area (Å²) in [7, 11) is 3.40. The van der Waals surface area contributed by atoms with Crippen molar-refractivity contribution in [1.29, 1.82) is 5.26 Å². The molecule has 0 aromatic heterocycles. The van der Waals surface area contributed by atoms with E-state index < -0.39 is 11.5 Å². The van der Waals surface area contributed by atoms with E-state index in [0.29, 0.717) is 18.7 Å². The monoisotopic (exact) mass is 328 g/mol. The number of nitrogens with one attached hydrogen (secondary N) is 1. The Balaban J connectivity index is 2.07. The zero-order chi connectivity index (χ0) is 17.9. The number of nitrogens with zero attached hydrogens (tertiary/aromatic N) is 3. The number of carbonyl (C=O) groups is 2. The Hall–Kier alpha value is -2.55. The minimum absolute atomic E-state index is 0.0474. The van der Waals surface area contributed by atoms with Gasteiger partial charge in [-0.1, -0.05) is 12.1 Å². The zero-order valence-electron chi connectivity index (χ0n) is 14.7. The van der Waals surface area contributed by atoms with E-state index in [4.69, 9.17) is 5.26 Å². The quantitative estimate of drug-likeness (QED) is 0.926. The fourth-order valence-electron chi connectivity index (χ4n) is 2.79. The molecule has 1 aromatic rings. The molecule has 1 aromatic carbocycles. The molecule has 6 heteroatoms. The molecule has 1 fully saturated rings. The smallest absolute Gasteiger partial charge is 0.322 e. The van der Waals surface area contributed by atoms with Gasteiger partial charge in [0.25, 0.3) is 0 Å². The maximum absolute atomic E-state index is 12.5. The van der Waals surface area contributed by atoms with E-state index in [0.717, 1.165) is 12.0 Å². The van der Waals surface area contributed by atoms with Gasteiger partial charge in [-0.25, -0.2) is 4.79 Å². The summed E-state index contributed by atoms with van der Waals surface area (Å²) in [5.74, 6) is -0.0474. The molecule has 128 valence electrons. The predicted octanol–water partition coefficient (Wildman–Crippen LogP) is 2.57. The summed E-state index contributed by atoms with van der Waals surface area (Å²) < 4.78 is 0. The number of anilines is 1. The van der Waals surface area contributed by atoms with Gasteiger partial charge in [0, 0.05) is 26.3 Å². The molecule has 0 saturated carbocycles. The van der Waals surface area contributed by atoms with E-state index in [1.165, 1.54) is 4.90 Å². The molecule has 6 nitrogen and oxygen atoms in total. The summed E-state index contributed by atoms with van der Waals surface area (Å²) >= 11 is 0. The second-order valence-corrected chi connectivity index (χ2v) is 6.83. The molecule has 0 unspecified atom stereocenters. The lowest BCUT2D eigenvalue weighted by Gasteiger charge is -2.26. The van der Waals surface area contributed by atoms with Crippen LogP contribution in [-0.4, -0.2) is 48.4 Å². The number of carbonyl (C=O) groups excluding carboxylic acids is 2. The van der Waals surface area contributed by atoms with Crippen molar-refractivity contribution in [2.75, 3.05) is 26.0 Å². The molecule has 0 radical (unpaired) electrons. The Morgan fingerprint density at radius 1 is 1.29 bits per heavy atom. The van der Waals surface area contributed by atoms with E-state index >= 15 is 0 Å². The molecule has 2 rings (SSSR count). The second-order valence-electron chi connectivity index (χ2n) is 6.83. The summed E-state index contributed by atoms with van der Waals surface area (Å²) in [4.78, 5) is 27.8. The molecule has 0 bridgehead atoms. The lowest BCUT2D eigenvalue weighted by molar-refractivity contribution is -0.132. The second kappa shape index (κ2) is 6.91. The first-order valence-electron chi connectivity index (χ1n) is 8.07. The number of hydrogen-bond donors (Lipinski definition) is 1. The predicted molar refractivity (Wildman–Crippen MR) is 92.5 cm³/mol. The fourth-order valence-corrected chi connectivity index (χ4v) is 2.79. The third-order valence-corrected chi connectivity index (χ3v) is 4.38. The average Bonchev–Trinajstić information content (AvgIpc) is 3.04. The molecule has 3 amide bonds. The molecule has 1 N–H and O–H groups in total. The van der Waals surface area contributed by atoms with Crippen LogP contribution >= 0.6 is 0 Å². The van der Waals surface area contributed by atoms with Crippen LogP contribution in [0.3, 0.4) is 0 Å². The third-order valence-electron chi connectivity index (χ3n) is 4.38. The Morgan fingerprint density at radius 2 is 1.92 bits per heavy atom. The number of rotatable bonds is 3. The maximum Gasteiger partial charge on any atom is 0.322 e. The third kappa shape index (κ3) is 3.67. The van der Waals surface area contributed by atoms with Crippen molar-refractivity contribution in [1.82, 2.24) is 9.80 Å². The molecule has 1 heterocycles. The van der Waals surface area contributed by atoms with Crippen molar-refractivity contribution in [3.63, 3.8) is 0 Å². The lowest BCUT2D eigenvalue weighted by Crippen LogP contribution is -2.47. The van der Waals surface area contributed by atoms with Crippen molar-refractivity contribution in [2.45, 2.75) is 38.1 Å². The first-order valence-corrected chi connectivity index (χ1v) is 8.07. The molecule has 24 heavy (non-hydrogen) atoms. The molecular weight excluding hydrogens is 304 g/mol. The SMILES string of the molecule is CN(C)C(=O)[C@H]1CCCN1C(=O)Nc1ccc(C(C)(C)C#N)cc1. The van der Waals surface area contributed by atoms with Crippen LogP contribution in [0, 0.1) is 11.3 Å². The van der Waals surface area contributed by atoms with Gasteiger partial charge in [-0.15, -0.1) is 0 Å². The van der Waals surface area contributed by atoms with E-state index in [-0.39, 0.29) is 11.9 Å². The number of amides is 3. The van der Waals surface area contributed by atoms with Crippen LogP contribution in [0.4, 0.5) is 10.5 Å². The van der Waals surface area contributed by atoms with Crippen LogP contribution < -0.4 is 5.32 Å². The molecule has 1 aliphatic rings. The highest BCUT2D eigenvalue weighted by molar-refractivity contribution is 5.94. The van der Waals surface area contributed by atoms with Gasteiger partial charge in [0.2, 0.25) is 5.91 Å². The number of nitriles is 1. The summed E-state index contributed by atoms with van der Waals surface area (Å²) in [5, 5.41) is 12.0. The van der Waals surface area contributed by atoms with Crippen LogP contribution in [-0.2, 0) is 10.2 Å². The molecule has 1 atom stereocenters. The zero-order valence-corrected chi connectivity index (χ0v) is 14.7. The van der Waals surface area contributed by atoms with Crippen molar-refractivity contribution in [2.24, 2.45) is 0 Å². The van der Waals surface area contributed by atoms with Crippen LogP contribution in [0.25, 0.3) is 0 Å². The largest absolute Gasteiger partial charge is 0.347 e. The van der Waals surface area contributed by atoms with Crippen molar-refractivity contribution in [3.8, 4) is 6.07 Å². The van der Waals surface area contributed by atoms with Crippen LogP contribution in [0.15, 0.2) is 24.3 Å². The topological polar surface area (TPSA) is 76.4 Å². The number of urea groups is 1. The molecule has 1 saturated heterocycles. The highest BCUT2D eigenvalue weighted by atomic mass is 16.2. The van der Waals surface area contributed by atoms with E-state index in [9.17, 15) is 9.59 Å². The van der Waals surface area contributed by atoms with E-state index in [2.05, 4.69) is 11.4 Å². The highest BCUT2D eigenvalue weighted by Crippen LogP contribution is 2.24. The maximum atomic E-state index is 12.5. The van der Waals surface area contributed by atoms with Crippen molar-refractivity contribution >= 4 is 17.6 Å². The summed E-state index contributed by atoms with van der Waals surface area (Å²) in [6.07, 6.45) is 1.52. The van der Waals surface area contributed by atoms with Crippen LogP contribution in [0.1, 0.15) is 32.3 Å². The first kappa shape index (κ1) is 17.8. The van der Waals surface area contributed by atoms with Gasteiger partial charge in [-0.2, -0.15) is 5.26 Å². The van der Waals surface area contributed by atoms with Crippen molar-refractivity contribution < 1.29 is 9.59 Å². The number of likely N-dealkylation sites (tertiary alicyclic amines) is 1. The molecule has 0 aliphatic carbocycles. The Kier molecular flexibility index (Phi) is 5.13. The van der Waals surface area contributed by atoms with Gasteiger partial charge in [-0.05, 0) is 44.4 Å². The standard InChI is InChI=1S/C18H24N4O2/c1-18(2,12-19)13-7-9-14(10-8-13)20-17(24)22-11-5-6-15(22)16(23)21(3)4/h7-10,15H,5-6,11H2,1-4H3,(H,20,24)/t15-/m1/s1. The van der Waals surface area contributed by atoms with Crippen LogP contribution in [0.5, 0.6) is 0 Å². The van der Waals surface area contributed by atoms with E-state index in [1.807, 2.05) is 26.0 Å². The Labute approximate surface area is 143 Å². The van der Waals surface area contributed by atoms with Gasteiger partial charge in [-0.3, -0.25) is 4.79 Å². The Bertz CT molecular complexity index is 659. The normalized spacial score (nSPS) is 17.3. The summed E-state index contributed by atoms with van der Waals surface area (Å²) in [6, 6.07) is 8.84. The van der Waals surface area contributed by atoms with E-state index in [1.54, 1.807) is 31.1 Å². The Morgan fingerprint density at radius 3 is 2.46 bits per heavy atom. The molecule has 1 aliphatic heterocycles. The van der Waals surface area contributed by atoms with Gasteiger partial charge < -0.3 is 15.1 Å². The molecule has 0 spiro atoms. The van der Waals surface area contributed by atoms with Gasteiger partial charge in [0.1, 0.15) is 6.04 Å². The lowest BCUT2D eigenvalue weighted by atomic mass is 9.86. The highest BCUT2D eigenvalue weighted by Gasteiger charge is 2.35.